The number of benzene rings is 1. The molecule has 0 saturated heterocycles. The van der Waals surface area contributed by atoms with Gasteiger partial charge in [-0.15, -0.1) is 0 Å². The number of halogens is 1. The molecule has 2 atom stereocenters. The number of nitrogens with one attached hydrogen (secondary N) is 1. The van der Waals surface area contributed by atoms with Crippen LogP contribution in [0.5, 0.6) is 0 Å². The summed E-state index contributed by atoms with van der Waals surface area (Å²) in [7, 11) is 0. The van der Waals surface area contributed by atoms with Crippen LogP contribution in [-0.2, 0) is 0 Å². The maximum atomic E-state index is 12.8. The minimum Gasteiger partial charge on any atom is -0.302 e. The zero-order chi connectivity index (χ0) is 13.8. The Labute approximate surface area is 113 Å². The molecule has 0 fully saturated rings. The molecule has 0 spiro atoms. The van der Waals surface area contributed by atoms with E-state index >= 15 is 0 Å². The number of nitrogens with zero attached hydrogens (tertiary/aromatic N) is 1. The molecule has 2 nitrogen and oxygen atoms in total. The third-order valence-electron chi connectivity index (χ3n) is 3.35. The summed E-state index contributed by atoms with van der Waals surface area (Å²) in [5, 5.41) is 3.49. The molecule has 0 bridgehead atoms. The SMILES string of the molecule is Cc1ccccc1C(C)NC(C)c1ccc(F)cn1. The van der Waals surface area contributed by atoms with Gasteiger partial charge in [-0.1, -0.05) is 24.3 Å². The van der Waals surface area contributed by atoms with Crippen LogP contribution >= 0.6 is 0 Å². The molecule has 2 aromatic rings. The molecule has 0 saturated carbocycles. The molecule has 1 aromatic carbocycles. The summed E-state index contributed by atoms with van der Waals surface area (Å²) in [6.45, 7) is 6.27. The van der Waals surface area contributed by atoms with Crippen molar-refractivity contribution < 1.29 is 4.39 Å². The van der Waals surface area contributed by atoms with Gasteiger partial charge in [-0.2, -0.15) is 0 Å². The summed E-state index contributed by atoms with van der Waals surface area (Å²) >= 11 is 0. The van der Waals surface area contributed by atoms with E-state index < -0.39 is 0 Å². The van der Waals surface area contributed by atoms with Crippen LogP contribution in [0.3, 0.4) is 0 Å². The summed E-state index contributed by atoms with van der Waals surface area (Å²) in [5.41, 5.74) is 3.39. The quantitative estimate of drug-likeness (QED) is 0.898. The van der Waals surface area contributed by atoms with Crippen LogP contribution in [0.15, 0.2) is 42.6 Å². The first-order chi connectivity index (χ1) is 9.08. The van der Waals surface area contributed by atoms with Gasteiger partial charge in [0.1, 0.15) is 5.82 Å². The molecule has 0 radical (unpaired) electrons. The highest BCUT2D eigenvalue weighted by molar-refractivity contribution is 5.28. The Hall–Kier alpha value is -1.74. The molecule has 1 heterocycles. The molecule has 2 unspecified atom stereocenters. The first kappa shape index (κ1) is 13.7. The van der Waals surface area contributed by atoms with Crippen LogP contribution in [0.25, 0.3) is 0 Å². The highest BCUT2D eigenvalue weighted by Gasteiger charge is 2.13. The number of aryl methyl sites for hydroxylation is 1. The Kier molecular flexibility index (Phi) is 4.27. The van der Waals surface area contributed by atoms with Crippen LogP contribution in [0.2, 0.25) is 0 Å². The van der Waals surface area contributed by atoms with E-state index in [0.29, 0.717) is 0 Å². The zero-order valence-electron chi connectivity index (χ0n) is 11.5. The monoisotopic (exact) mass is 258 g/mol. The smallest absolute Gasteiger partial charge is 0.141 e. The fourth-order valence-corrected chi connectivity index (χ4v) is 2.27. The standard InChI is InChI=1S/C16H19FN2/c1-11-6-4-5-7-15(11)12(2)19-13(3)16-9-8-14(17)10-18-16/h4-10,12-13,19H,1-3H3. The third kappa shape index (κ3) is 3.38. The van der Waals surface area contributed by atoms with E-state index in [9.17, 15) is 4.39 Å². The van der Waals surface area contributed by atoms with E-state index in [1.54, 1.807) is 6.07 Å². The van der Waals surface area contributed by atoms with Gasteiger partial charge in [-0.05, 0) is 44.0 Å². The van der Waals surface area contributed by atoms with E-state index in [2.05, 4.69) is 36.3 Å². The van der Waals surface area contributed by atoms with Crippen molar-refractivity contribution in [1.29, 1.82) is 0 Å². The Bertz CT molecular complexity index is 537. The van der Waals surface area contributed by atoms with Gasteiger partial charge < -0.3 is 5.32 Å². The Morgan fingerprint density at radius 1 is 1.05 bits per heavy atom. The molecule has 1 N–H and O–H groups in total. The maximum Gasteiger partial charge on any atom is 0.141 e. The molecule has 0 aliphatic carbocycles. The van der Waals surface area contributed by atoms with Crippen LogP contribution in [-0.4, -0.2) is 4.98 Å². The first-order valence-electron chi connectivity index (χ1n) is 6.51. The largest absolute Gasteiger partial charge is 0.302 e. The van der Waals surface area contributed by atoms with Crippen molar-refractivity contribution in [3.05, 3.63) is 65.2 Å². The number of hydrogen-bond acceptors (Lipinski definition) is 2. The lowest BCUT2D eigenvalue weighted by Gasteiger charge is -2.21. The molecular formula is C16H19FN2. The lowest BCUT2D eigenvalue weighted by atomic mass is 10.0. The second-order valence-corrected chi connectivity index (χ2v) is 4.87. The topological polar surface area (TPSA) is 24.9 Å². The van der Waals surface area contributed by atoms with Crippen LogP contribution < -0.4 is 5.32 Å². The van der Waals surface area contributed by atoms with Gasteiger partial charge in [0.2, 0.25) is 0 Å². The Morgan fingerprint density at radius 2 is 1.79 bits per heavy atom. The first-order valence-corrected chi connectivity index (χ1v) is 6.51. The lowest BCUT2D eigenvalue weighted by molar-refractivity contribution is 0.483. The molecule has 100 valence electrons. The van der Waals surface area contributed by atoms with Crippen molar-refractivity contribution in [1.82, 2.24) is 10.3 Å². The molecule has 3 heteroatoms. The average molecular weight is 258 g/mol. The molecule has 19 heavy (non-hydrogen) atoms. The van der Waals surface area contributed by atoms with Gasteiger partial charge in [-0.3, -0.25) is 4.98 Å². The van der Waals surface area contributed by atoms with Crippen molar-refractivity contribution >= 4 is 0 Å². The van der Waals surface area contributed by atoms with E-state index in [1.807, 2.05) is 19.1 Å². The van der Waals surface area contributed by atoms with Gasteiger partial charge in [0.05, 0.1) is 11.9 Å². The second kappa shape index (κ2) is 5.93. The molecular weight excluding hydrogens is 239 g/mol. The van der Waals surface area contributed by atoms with E-state index in [4.69, 9.17) is 0 Å². The van der Waals surface area contributed by atoms with Crippen molar-refractivity contribution in [3.8, 4) is 0 Å². The van der Waals surface area contributed by atoms with Gasteiger partial charge in [0.15, 0.2) is 0 Å². The molecule has 0 amide bonds. The molecule has 0 aliphatic heterocycles. The fourth-order valence-electron chi connectivity index (χ4n) is 2.27. The second-order valence-electron chi connectivity index (χ2n) is 4.87. The predicted molar refractivity (Wildman–Crippen MR) is 75.3 cm³/mol. The number of aromatic nitrogens is 1. The fraction of sp³-hybridized carbons (Fsp3) is 0.312. The number of pyridine rings is 1. The number of hydrogen-bond donors (Lipinski definition) is 1. The van der Waals surface area contributed by atoms with Crippen LogP contribution in [0.4, 0.5) is 4.39 Å². The maximum absolute atomic E-state index is 12.8. The summed E-state index contributed by atoms with van der Waals surface area (Å²) < 4.78 is 12.8. The van der Waals surface area contributed by atoms with Crippen molar-refractivity contribution in [3.63, 3.8) is 0 Å². The van der Waals surface area contributed by atoms with E-state index in [1.165, 1.54) is 23.4 Å². The Morgan fingerprint density at radius 3 is 2.42 bits per heavy atom. The minimum atomic E-state index is -0.303. The highest BCUT2D eigenvalue weighted by Crippen LogP contribution is 2.20. The van der Waals surface area contributed by atoms with Gasteiger partial charge in [-0.25, -0.2) is 4.39 Å². The molecule has 1 aromatic heterocycles. The van der Waals surface area contributed by atoms with Crippen molar-refractivity contribution in [2.45, 2.75) is 32.9 Å². The van der Waals surface area contributed by atoms with Gasteiger partial charge >= 0.3 is 0 Å². The zero-order valence-corrected chi connectivity index (χ0v) is 11.5. The average Bonchev–Trinajstić information content (AvgIpc) is 2.39. The lowest BCUT2D eigenvalue weighted by Crippen LogP contribution is -2.23. The summed E-state index contributed by atoms with van der Waals surface area (Å²) in [5.74, 6) is -0.303. The van der Waals surface area contributed by atoms with E-state index in [-0.39, 0.29) is 17.9 Å². The summed E-state index contributed by atoms with van der Waals surface area (Å²) in [6.07, 6.45) is 1.26. The molecule has 2 rings (SSSR count). The summed E-state index contributed by atoms with van der Waals surface area (Å²) in [6, 6.07) is 11.8. The van der Waals surface area contributed by atoms with Crippen molar-refractivity contribution in [2.24, 2.45) is 0 Å². The van der Waals surface area contributed by atoms with Crippen LogP contribution in [0.1, 0.15) is 42.8 Å². The van der Waals surface area contributed by atoms with Gasteiger partial charge in [0.25, 0.3) is 0 Å². The molecule has 0 aliphatic rings. The normalized spacial score (nSPS) is 14.1. The number of rotatable bonds is 4. The van der Waals surface area contributed by atoms with Crippen molar-refractivity contribution in [2.75, 3.05) is 0 Å². The van der Waals surface area contributed by atoms with Crippen LogP contribution in [0, 0.1) is 12.7 Å². The Balaban J connectivity index is 2.08. The highest BCUT2D eigenvalue weighted by atomic mass is 19.1. The van der Waals surface area contributed by atoms with Gasteiger partial charge in [0, 0.05) is 12.1 Å². The predicted octanol–water partition coefficient (Wildman–Crippen LogP) is 3.94. The van der Waals surface area contributed by atoms with E-state index in [0.717, 1.165) is 5.69 Å². The summed E-state index contributed by atoms with van der Waals surface area (Å²) in [4.78, 5) is 4.11. The minimum absolute atomic E-state index is 0.0789. The third-order valence-corrected chi connectivity index (χ3v) is 3.35.